The van der Waals surface area contributed by atoms with Crippen molar-refractivity contribution in [3.05, 3.63) is 28.7 Å². The molecule has 24 heavy (non-hydrogen) atoms. The lowest BCUT2D eigenvalue weighted by Gasteiger charge is -2.20. The molecule has 2 N–H and O–H groups in total. The Morgan fingerprint density at radius 1 is 1.04 bits per heavy atom. The molecule has 0 saturated heterocycles. The second kappa shape index (κ2) is 6.50. The number of hydrogen-bond donors (Lipinski definition) is 1. The maximum absolute atomic E-state index is 12.9. The highest BCUT2D eigenvalue weighted by molar-refractivity contribution is 7.95. The topological polar surface area (TPSA) is 104 Å². The number of fused-ring (bicyclic) bond motifs is 1. The predicted octanol–water partition coefficient (Wildman–Crippen LogP) is 2.76. The molecule has 1 fully saturated rings. The Kier molecular flexibility index (Phi) is 4.72. The minimum atomic E-state index is -4.19. The van der Waals surface area contributed by atoms with E-state index in [0.717, 1.165) is 38.5 Å². The first-order valence-corrected chi connectivity index (χ1v) is 11.1. The van der Waals surface area contributed by atoms with Crippen LogP contribution < -0.4 is 9.32 Å². The zero-order valence-corrected chi connectivity index (χ0v) is 14.9. The van der Waals surface area contributed by atoms with Gasteiger partial charge in [0.25, 0.3) is 0 Å². The summed E-state index contributed by atoms with van der Waals surface area (Å²) in [5, 5.41) is 4.84. The largest absolute Gasteiger partial charge is 0.380 e. The van der Waals surface area contributed by atoms with Gasteiger partial charge in [-0.05, 0) is 42.5 Å². The molecule has 3 rings (SSSR count). The number of rotatable bonds is 3. The number of benzene rings is 1. The van der Waals surface area contributed by atoms with Crippen molar-refractivity contribution in [1.29, 1.82) is 0 Å². The van der Waals surface area contributed by atoms with Gasteiger partial charge in [-0.25, -0.2) is 8.42 Å². The summed E-state index contributed by atoms with van der Waals surface area (Å²) in [7, 11) is -7.79. The Bertz CT molecular complexity index is 864. The molecule has 1 heterocycles. The first kappa shape index (κ1) is 17.4. The molecule has 0 spiro atoms. The van der Waals surface area contributed by atoms with E-state index >= 15 is 0 Å². The molecule has 0 unspecified atom stereocenters. The van der Waals surface area contributed by atoms with E-state index in [1.165, 1.54) is 18.6 Å². The van der Waals surface area contributed by atoms with Gasteiger partial charge >= 0.3 is 10.3 Å². The molecule has 0 atom stereocenters. The average molecular weight is 371 g/mol. The van der Waals surface area contributed by atoms with Crippen LogP contribution in [-0.4, -0.2) is 16.8 Å². The third-order valence-corrected chi connectivity index (χ3v) is 7.03. The molecule has 1 aromatic carbocycles. The van der Waals surface area contributed by atoms with Crippen LogP contribution in [0.3, 0.4) is 0 Å². The van der Waals surface area contributed by atoms with Crippen LogP contribution in [0.1, 0.15) is 50.5 Å². The fraction of sp³-hybridized carbons (Fsp3) is 0.500. The molecule has 1 aliphatic carbocycles. The van der Waals surface area contributed by atoms with Crippen molar-refractivity contribution >= 4 is 26.2 Å². The molecule has 132 valence electrons. The normalized spacial score (nSPS) is 21.5. The van der Waals surface area contributed by atoms with Crippen LogP contribution in [0.2, 0.25) is 0 Å². The monoisotopic (exact) mass is 371 g/mol. The summed E-state index contributed by atoms with van der Waals surface area (Å²) >= 11 is 0. The Labute approximate surface area is 142 Å². The van der Waals surface area contributed by atoms with Crippen molar-refractivity contribution in [2.75, 3.05) is 0 Å². The molecule has 8 heteroatoms. The quantitative estimate of drug-likeness (QED) is 0.880. The molecule has 0 aromatic heterocycles. The Morgan fingerprint density at radius 2 is 1.67 bits per heavy atom. The van der Waals surface area contributed by atoms with Crippen molar-refractivity contribution in [3.63, 3.8) is 0 Å². The summed E-state index contributed by atoms with van der Waals surface area (Å²) in [6.07, 6.45) is 9.04. The minimum absolute atomic E-state index is 0.0327. The average Bonchev–Trinajstić information content (AvgIpc) is 2.69. The van der Waals surface area contributed by atoms with E-state index in [0.29, 0.717) is 10.5 Å². The van der Waals surface area contributed by atoms with Gasteiger partial charge in [-0.3, -0.25) is 0 Å². The molecule has 1 aromatic rings. The summed E-state index contributed by atoms with van der Waals surface area (Å²) in [5.41, 5.74) is 0.578. The maximum Gasteiger partial charge on any atom is 0.380 e. The zero-order chi connectivity index (χ0) is 17.4. The lowest BCUT2D eigenvalue weighted by atomic mass is 9.90. The standard InChI is InChI=1S/C16H21NO5S2/c17-24(20,21)22-14-9-8-13-10-15(23(18,19)16(13)11-14)12-6-4-2-1-3-5-7-12/h8-12H,1-7H2,(H2,17,20,21). The molecule has 0 amide bonds. The van der Waals surface area contributed by atoms with Gasteiger partial charge in [0.2, 0.25) is 9.84 Å². The molecule has 1 saturated carbocycles. The first-order valence-electron chi connectivity index (χ1n) is 8.10. The van der Waals surface area contributed by atoms with Crippen LogP contribution in [0.15, 0.2) is 28.0 Å². The molecule has 0 bridgehead atoms. The van der Waals surface area contributed by atoms with Gasteiger partial charge in [-0.15, -0.1) is 0 Å². The number of nitrogens with two attached hydrogens (primary N) is 1. The van der Waals surface area contributed by atoms with Gasteiger partial charge in [0.15, 0.2) is 0 Å². The van der Waals surface area contributed by atoms with E-state index in [4.69, 9.17) is 5.14 Å². The molecule has 2 aliphatic rings. The van der Waals surface area contributed by atoms with E-state index in [1.807, 2.05) is 0 Å². The van der Waals surface area contributed by atoms with E-state index in [2.05, 4.69) is 4.18 Å². The van der Waals surface area contributed by atoms with Gasteiger partial charge in [0, 0.05) is 6.07 Å². The van der Waals surface area contributed by atoms with Crippen molar-refractivity contribution in [2.45, 2.75) is 49.8 Å². The van der Waals surface area contributed by atoms with Crippen LogP contribution in [0, 0.1) is 5.92 Å². The van der Waals surface area contributed by atoms with E-state index in [-0.39, 0.29) is 16.6 Å². The highest BCUT2D eigenvalue weighted by Crippen LogP contribution is 2.42. The highest BCUT2D eigenvalue weighted by Gasteiger charge is 2.35. The van der Waals surface area contributed by atoms with Crippen LogP contribution in [0.5, 0.6) is 5.75 Å². The molecular weight excluding hydrogens is 350 g/mol. The van der Waals surface area contributed by atoms with E-state index < -0.39 is 20.1 Å². The van der Waals surface area contributed by atoms with Gasteiger partial charge in [-0.2, -0.15) is 13.6 Å². The Hall–Kier alpha value is -1.38. The Morgan fingerprint density at radius 3 is 2.29 bits per heavy atom. The van der Waals surface area contributed by atoms with Gasteiger partial charge in [-0.1, -0.05) is 32.1 Å². The lowest BCUT2D eigenvalue weighted by molar-refractivity contribution is 0.428. The van der Waals surface area contributed by atoms with Gasteiger partial charge < -0.3 is 4.18 Å². The summed E-state index contributed by atoms with van der Waals surface area (Å²) in [4.78, 5) is 0.549. The number of sulfone groups is 1. The molecule has 6 nitrogen and oxygen atoms in total. The van der Waals surface area contributed by atoms with Crippen molar-refractivity contribution in [3.8, 4) is 5.75 Å². The van der Waals surface area contributed by atoms with Crippen molar-refractivity contribution in [1.82, 2.24) is 0 Å². The van der Waals surface area contributed by atoms with Crippen LogP contribution >= 0.6 is 0 Å². The van der Waals surface area contributed by atoms with E-state index in [9.17, 15) is 16.8 Å². The van der Waals surface area contributed by atoms with Crippen molar-refractivity contribution in [2.24, 2.45) is 11.1 Å². The maximum atomic E-state index is 12.9. The van der Waals surface area contributed by atoms with Crippen molar-refractivity contribution < 1.29 is 21.0 Å². The highest BCUT2D eigenvalue weighted by atomic mass is 32.2. The predicted molar refractivity (Wildman–Crippen MR) is 91.1 cm³/mol. The van der Waals surface area contributed by atoms with Crippen LogP contribution in [-0.2, 0) is 20.1 Å². The fourth-order valence-corrected chi connectivity index (χ4v) is 5.78. The van der Waals surface area contributed by atoms with Gasteiger partial charge in [0.1, 0.15) is 5.75 Å². The summed E-state index contributed by atoms with van der Waals surface area (Å²) < 4.78 is 52.5. The molecule has 0 radical (unpaired) electrons. The Balaban J connectivity index is 1.92. The number of hydrogen-bond acceptors (Lipinski definition) is 5. The minimum Gasteiger partial charge on any atom is -0.371 e. The summed E-state index contributed by atoms with van der Waals surface area (Å²) in [5.74, 6) is -0.0579. The zero-order valence-electron chi connectivity index (χ0n) is 13.3. The lowest BCUT2D eigenvalue weighted by Crippen LogP contribution is -2.19. The molecular formula is C16H21NO5S2. The third-order valence-electron chi connectivity index (χ3n) is 4.60. The summed E-state index contributed by atoms with van der Waals surface area (Å²) in [6.45, 7) is 0. The fourth-order valence-electron chi connectivity index (χ4n) is 3.49. The molecule has 1 aliphatic heterocycles. The summed E-state index contributed by atoms with van der Waals surface area (Å²) in [6, 6.07) is 4.21. The second-order valence-corrected chi connectivity index (χ2v) is 9.44. The smallest absolute Gasteiger partial charge is 0.371 e. The van der Waals surface area contributed by atoms with Crippen LogP contribution in [0.25, 0.3) is 6.08 Å². The van der Waals surface area contributed by atoms with Crippen LogP contribution in [0.4, 0.5) is 0 Å². The SMILES string of the molecule is NS(=O)(=O)Oc1ccc2c(c1)S(=O)(=O)C(C1CCCCCCC1)=C2. The van der Waals surface area contributed by atoms with Gasteiger partial charge in [0.05, 0.1) is 9.80 Å². The first-order chi connectivity index (χ1) is 11.3. The van der Waals surface area contributed by atoms with E-state index in [1.54, 1.807) is 12.1 Å². The third kappa shape index (κ3) is 3.65. The second-order valence-electron chi connectivity index (χ2n) is 6.37. The number of allylic oxidation sites excluding steroid dienone is 1.